The van der Waals surface area contributed by atoms with Gasteiger partial charge in [0.15, 0.2) is 15.6 Å². The van der Waals surface area contributed by atoms with E-state index in [0.29, 0.717) is 44.0 Å². The van der Waals surface area contributed by atoms with Crippen LogP contribution in [0, 0.1) is 5.82 Å². The van der Waals surface area contributed by atoms with E-state index >= 15 is 0 Å². The second kappa shape index (κ2) is 10.9. The third kappa shape index (κ3) is 5.78. The minimum Gasteiger partial charge on any atom is -0.439 e. The predicted molar refractivity (Wildman–Crippen MR) is 155 cm³/mol. The molecule has 0 fully saturated rings. The molecule has 0 bridgehead atoms. The Hall–Kier alpha value is -4.31. The van der Waals surface area contributed by atoms with E-state index in [2.05, 4.69) is 15.3 Å². The summed E-state index contributed by atoms with van der Waals surface area (Å²) in [6.07, 6.45) is 1.68. The van der Waals surface area contributed by atoms with E-state index in [-0.39, 0.29) is 16.6 Å². The number of oxazole rings is 1. The van der Waals surface area contributed by atoms with Crippen LogP contribution >= 0.6 is 23.2 Å². The fourth-order valence-corrected chi connectivity index (χ4v) is 5.64. The van der Waals surface area contributed by atoms with Gasteiger partial charge in [0, 0.05) is 26.7 Å². The number of aromatic nitrogens is 4. The lowest BCUT2D eigenvalue weighted by Crippen LogP contribution is -2.06. The number of sulfone groups is 1. The molecule has 0 atom stereocenters. The van der Waals surface area contributed by atoms with Crippen molar-refractivity contribution in [2.24, 2.45) is 0 Å². The summed E-state index contributed by atoms with van der Waals surface area (Å²) >= 11 is 12.1. The lowest BCUT2D eigenvalue weighted by molar-refractivity contribution is 0.519. The van der Waals surface area contributed by atoms with Crippen LogP contribution in [-0.2, 0) is 15.6 Å². The van der Waals surface area contributed by atoms with E-state index in [0.717, 1.165) is 5.56 Å². The maximum absolute atomic E-state index is 13.3. The van der Waals surface area contributed by atoms with Gasteiger partial charge in [0.05, 0.1) is 16.8 Å². The molecular formula is C30H19Cl2FN4O3S. The molecule has 0 saturated carbocycles. The summed E-state index contributed by atoms with van der Waals surface area (Å²) in [4.78, 5) is 4.65. The van der Waals surface area contributed by atoms with Crippen molar-refractivity contribution < 1.29 is 17.2 Å². The number of nitrogens with zero attached hydrogens (tertiary/aromatic N) is 4. The smallest absolute Gasteiger partial charge is 0.211 e. The predicted octanol–water partition coefficient (Wildman–Crippen LogP) is 7.68. The second-order valence-electron chi connectivity index (χ2n) is 9.11. The van der Waals surface area contributed by atoms with Gasteiger partial charge in [-0.05, 0) is 84.9 Å². The number of halogens is 3. The molecule has 0 aliphatic heterocycles. The van der Waals surface area contributed by atoms with Crippen molar-refractivity contribution in [1.29, 1.82) is 0 Å². The van der Waals surface area contributed by atoms with Crippen molar-refractivity contribution in [3.8, 4) is 39.5 Å². The highest BCUT2D eigenvalue weighted by molar-refractivity contribution is 7.90. The van der Waals surface area contributed by atoms with Gasteiger partial charge in [0.1, 0.15) is 23.0 Å². The van der Waals surface area contributed by atoms with Crippen LogP contribution in [-0.4, -0.2) is 28.4 Å². The van der Waals surface area contributed by atoms with Gasteiger partial charge >= 0.3 is 0 Å². The number of benzene rings is 4. The fourth-order valence-electron chi connectivity index (χ4n) is 4.22. The molecular weight excluding hydrogens is 586 g/mol. The van der Waals surface area contributed by atoms with Gasteiger partial charge in [-0.3, -0.25) is 0 Å². The van der Waals surface area contributed by atoms with Crippen LogP contribution in [0.15, 0.2) is 113 Å². The van der Waals surface area contributed by atoms with Gasteiger partial charge in [-0.1, -0.05) is 40.5 Å². The SMILES string of the molecule is O=S(=O)(Cc1nc(-c2ccc(Cl)cc2)c(-c2ccc(Cl)cc2)o1)c1ccc(-n2cc(-c3ccc(F)cc3)nn2)cc1. The van der Waals surface area contributed by atoms with Gasteiger partial charge in [-0.2, -0.15) is 0 Å². The van der Waals surface area contributed by atoms with E-state index in [4.69, 9.17) is 27.6 Å². The monoisotopic (exact) mass is 604 g/mol. The Bertz CT molecular complexity index is 1870. The lowest BCUT2D eigenvalue weighted by atomic mass is 10.1. The average Bonchev–Trinajstić information content (AvgIpc) is 3.62. The number of hydrogen-bond donors (Lipinski definition) is 0. The van der Waals surface area contributed by atoms with Crippen molar-refractivity contribution in [2.75, 3.05) is 0 Å². The first-order chi connectivity index (χ1) is 19.7. The standard InChI is InChI=1S/C30H19Cl2FN4O3S/c31-22-7-1-20(2-8-22)29-30(21-3-9-23(32)10-4-21)40-28(34-29)18-41(38,39)26-15-13-25(14-16-26)37-17-27(35-36-37)19-5-11-24(33)12-6-19/h1-17H,18H2. The molecule has 2 heterocycles. The van der Waals surface area contributed by atoms with Crippen molar-refractivity contribution in [3.05, 3.63) is 125 Å². The molecule has 0 aliphatic carbocycles. The fraction of sp³-hybridized carbons (Fsp3) is 0.0333. The largest absolute Gasteiger partial charge is 0.439 e. The van der Waals surface area contributed by atoms with E-state index in [1.807, 2.05) is 0 Å². The summed E-state index contributed by atoms with van der Waals surface area (Å²) in [6.45, 7) is 0. The molecule has 204 valence electrons. The zero-order chi connectivity index (χ0) is 28.6. The van der Waals surface area contributed by atoms with Crippen molar-refractivity contribution in [2.45, 2.75) is 10.6 Å². The Kier molecular flexibility index (Phi) is 7.17. The molecule has 6 rings (SSSR count). The average molecular weight is 605 g/mol. The maximum atomic E-state index is 13.3. The molecule has 6 aromatic rings. The van der Waals surface area contributed by atoms with Crippen molar-refractivity contribution in [1.82, 2.24) is 20.0 Å². The first-order valence-corrected chi connectivity index (χ1v) is 14.7. The Morgan fingerprint density at radius 1 is 0.756 bits per heavy atom. The first-order valence-electron chi connectivity index (χ1n) is 12.3. The molecule has 41 heavy (non-hydrogen) atoms. The highest BCUT2D eigenvalue weighted by atomic mass is 35.5. The van der Waals surface area contributed by atoms with E-state index in [1.54, 1.807) is 79.0 Å². The highest BCUT2D eigenvalue weighted by Crippen LogP contribution is 2.35. The van der Waals surface area contributed by atoms with Gasteiger partial charge in [0.25, 0.3) is 0 Å². The summed E-state index contributed by atoms with van der Waals surface area (Å²) < 4.78 is 47.5. The summed E-state index contributed by atoms with van der Waals surface area (Å²) in [6, 6.07) is 26.2. The minimum absolute atomic E-state index is 0.0455. The van der Waals surface area contributed by atoms with E-state index in [9.17, 15) is 12.8 Å². The van der Waals surface area contributed by atoms with Crippen molar-refractivity contribution >= 4 is 33.0 Å². The second-order valence-corrected chi connectivity index (χ2v) is 12.0. The lowest BCUT2D eigenvalue weighted by Gasteiger charge is -2.04. The summed E-state index contributed by atoms with van der Waals surface area (Å²) in [7, 11) is -3.81. The molecule has 0 unspecified atom stereocenters. The number of hydrogen-bond acceptors (Lipinski definition) is 6. The highest BCUT2D eigenvalue weighted by Gasteiger charge is 2.23. The van der Waals surface area contributed by atoms with E-state index < -0.39 is 15.6 Å². The molecule has 7 nitrogen and oxygen atoms in total. The van der Waals surface area contributed by atoms with Gasteiger partial charge in [-0.25, -0.2) is 22.5 Å². The van der Waals surface area contributed by atoms with Crippen LogP contribution in [0.5, 0.6) is 0 Å². The maximum Gasteiger partial charge on any atom is 0.211 e. The van der Waals surface area contributed by atoms with Crippen LogP contribution in [0.25, 0.3) is 39.5 Å². The molecule has 0 saturated heterocycles. The van der Waals surface area contributed by atoms with Crippen LogP contribution in [0.1, 0.15) is 5.89 Å². The Balaban J connectivity index is 1.27. The van der Waals surface area contributed by atoms with Gasteiger partial charge < -0.3 is 4.42 Å². The zero-order valence-electron chi connectivity index (χ0n) is 21.1. The van der Waals surface area contributed by atoms with Crippen LogP contribution < -0.4 is 0 Å². The summed E-state index contributed by atoms with van der Waals surface area (Å²) in [5, 5.41) is 9.36. The van der Waals surface area contributed by atoms with Crippen molar-refractivity contribution in [3.63, 3.8) is 0 Å². The molecule has 2 aromatic heterocycles. The zero-order valence-corrected chi connectivity index (χ0v) is 23.4. The molecule has 0 radical (unpaired) electrons. The molecule has 0 N–H and O–H groups in total. The molecule has 0 aliphatic rings. The third-order valence-corrected chi connectivity index (χ3v) is 8.42. The summed E-state index contributed by atoms with van der Waals surface area (Å²) in [5.41, 5.74) is 3.79. The quantitative estimate of drug-likeness (QED) is 0.186. The molecule has 4 aromatic carbocycles. The first kappa shape index (κ1) is 26.9. The van der Waals surface area contributed by atoms with Crippen LogP contribution in [0.3, 0.4) is 0 Å². The Morgan fingerprint density at radius 2 is 1.34 bits per heavy atom. The van der Waals surface area contributed by atoms with Crippen LogP contribution in [0.4, 0.5) is 4.39 Å². The Labute approximate surface area is 244 Å². The Morgan fingerprint density at radius 3 is 1.98 bits per heavy atom. The molecule has 0 amide bonds. The molecule has 0 spiro atoms. The van der Waals surface area contributed by atoms with Gasteiger partial charge in [-0.15, -0.1) is 5.10 Å². The van der Waals surface area contributed by atoms with Gasteiger partial charge in [0.2, 0.25) is 5.89 Å². The molecule has 11 heteroatoms. The number of rotatable bonds is 7. The summed E-state index contributed by atoms with van der Waals surface area (Å²) in [5.74, 6) is -0.319. The normalized spacial score (nSPS) is 11.6. The third-order valence-electron chi connectivity index (χ3n) is 6.30. The minimum atomic E-state index is -3.81. The van der Waals surface area contributed by atoms with E-state index in [1.165, 1.54) is 28.9 Å². The van der Waals surface area contributed by atoms with Crippen LogP contribution in [0.2, 0.25) is 10.0 Å². The topological polar surface area (TPSA) is 90.9 Å².